The molecule has 12 heteroatoms. The van der Waals surface area contributed by atoms with Gasteiger partial charge in [-0.3, -0.25) is 14.2 Å². The molecule has 0 radical (unpaired) electrons. The van der Waals surface area contributed by atoms with Gasteiger partial charge in [-0.2, -0.15) is 0 Å². The zero-order valence-corrected chi connectivity index (χ0v) is 19.8. The molecule has 0 unspecified atom stereocenters. The van der Waals surface area contributed by atoms with E-state index in [1.54, 1.807) is 28.9 Å². The highest BCUT2D eigenvalue weighted by Gasteiger charge is 2.29. The Balaban J connectivity index is 1.45. The molecule has 2 fully saturated rings. The van der Waals surface area contributed by atoms with Gasteiger partial charge in [0.15, 0.2) is 5.69 Å². The Hall–Kier alpha value is -3.67. The van der Waals surface area contributed by atoms with Gasteiger partial charge in [-0.25, -0.2) is 14.2 Å². The van der Waals surface area contributed by atoms with E-state index >= 15 is 0 Å². The molecule has 2 aromatic rings. The number of nitrogens with zero attached hydrogens (tertiary/aromatic N) is 5. The molecule has 3 amide bonds. The second-order valence-electron chi connectivity index (χ2n) is 8.60. The fourth-order valence-corrected chi connectivity index (χ4v) is 4.16. The summed E-state index contributed by atoms with van der Waals surface area (Å²) in [5.74, 6) is -1.58. The SMILES string of the molecule is Cc1cc(CNC(=O)c2nc(N3CCN(C(=O)N4CCOCC4)CC3)n(C)c(=O)c2O)ccc1F. The Bertz CT molecular complexity index is 1170. The fraction of sp³-hybridized carbons (Fsp3) is 0.478. The van der Waals surface area contributed by atoms with Gasteiger partial charge in [-0.1, -0.05) is 12.1 Å². The normalized spacial score (nSPS) is 16.4. The lowest BCUT2D eigenvalue weighted by Gasteiger charge is -2.39. The number of halogens is 1. The number of ether oxygens (including phenoxy) is 1. The smallest absolute Gasteiger partial charge is 0.320 e. The van der Waals surface area contributed by atoms with E-state index in [4.69, 9.17) is 4.74 Å². The number of nitrogens with one attached hydrogen (secondary N) is 1. The number of piperazine rings is 1. The highest BCUT2D eigenvalue weighted by molar-refractivity contribution is 5.95. The number of carbonyl (C=O) groups excluding carboxylic acids is 2. The van der Waals surface area contributed by atoms with Gasteiger partial charge >= 0.3 is 6.03 Å². The molecule has 0 bridgehead atoms. The van der Waals surface area contributed by atoms with Crippen molar-refractivity contribution in [1.82, 2.24) is 24.7 Å². The van der Waals surface area contributed by atoms with Crippen LogP contribution in [-0.2, 0) is 18.3 Å². The van der Waals surface area contributed by atoms with E-state index in [-0.39, 0.29) is 30.0 Å². The van der Waals surface area contributed by atoms with Crippen LogP contribution in [0, 0.1) is 12.7 Å². The van der Waals surface area contributed by atoms with Crippen LogP contribution < -0.4 is 15.8 Å². The lowest BCUT2D eigenvalue weighted by atomic mass is 10.1. The summed E-state index contributed by atoms with van der Waals surface area (Å²) in [5, 5.41) is 12.9. The van der Waals surface area contributed by atoms with Crippen LogP contribution in [0.15, 0.2) is 23.0 Å². The van der Waals surface area contributed by atoms with Crippen molar-refractivity contribution in [2.45, 2.75) is 13.5 Å². The zero-order chi connectivity index (χ0) is 25.1. The Morgan fingerprint density at radius 3 is 2.43 bits per heavy atom. The van der Waals surface area contributed by atoms with E-state index in [0.29, 0.717) is 63.6 Å². The summed E-state index contributed by atoms with van der Waals surface area (Å²) in [6.45, 7) is 5.55. The Kier molecular flexibility index (Phi) is 7.20. The first kappa shape index (κ1) is 24.5. The molecule has 4 rings (SSSR count). The lowest BCUT2D eigenvalue weighted by molar-refractivity contribution is 0.0428. The molecule has 0 atom stereocenters. The molecule has 2 N–H and O–H groups in total. The van der Waals surface area contributed by atoms with E-state index in [0.717, 1.165) is 0 Å². The minimum absolute atomic E-state index is 0.0448. The summed E-state index contributed by atoms with van der Waals surface area (Å²) >= 11 is 0. The monoisotopic (exact) mass is 488 g/mol. The third kappa shape index (κ3) is 5.21. The van der Waals surface area contributed by atoms with Gasteiger partial charge in [0.2, 0.25) is 11.7 Å². The van der Waals surface area contributed by atoms with Crippen LogP contribution in [0.3, 0.4) is 0 Å². The molecule has 35 heavy (non-hydrogen) atoms. The number of urea groups is 1. The summed E-state index contributed by atoms with van der Waals surface area (Å²) in [7, 11) is 1.47. The largest absolute Gasteiger partial charge is 0.501 e. The summed E-state index contributed by atoms with van der Waals surface area (Å²) in [5.41, 5.74) is -0.0139. The summed E-state index contributed by atoms with van der Waals surface area (Å²) in [4.78, 5) is 47.7. The first-order valence-electron chi connectivity index (χ1n) is 11.5. The maximum atomic E-state index is 13.5. The van der Waals surface area contributed by atoms with E-state index in [2.05, 4.69) is 10.3 Å². The summed E-state index contributed by atoms with van der Waals surface area (Å²) in [6, 6.07) is 4.42. The molecule has 0 saturated carbocycles. The molecule has 188 valence electrons. The van der Waals surface area contributed by atoms with Gasteiger partial charge < -0.3 is 29.9 Å². The molecule has 2 aliphatic heterocycles. The average molecular weight is 489 g/mol. The number of aryl methyl sites for hydroxylation is 1. The quantitative estimate of drug-likeness (QED) is 0.641. The summed E-state index contributed by atoms with van der Waals surface area (Å²) < 4.78 is 20.0. The number of carbonyl (C=O) groups is 2. The molecule has 2 aliphatic rings. The number of rotatable bonds is 4. The highest BCUT2D eigenvalue weighted by atomic mass is 19.1. The predicted molar refractivity (Wildman–Crippen MR) is 125 cm³/mol. The Labute approximate surface area is 201 Å². The topological polar surface area (TPSA) is 120 Å². The van der Waals surface area contributed by atoms with Crippen LogP contribution >= 0.6 is 0 Å². The fourth-order valence-electron chi connectivity index (χ4n) is 4.16. The summed E-state index contributed by atoms with van der Waals surface area (Å²) in [6.07, 6.45) is 0. The molecule has 0 aliphatic carbocycles. The number of aromatic hydroxyl groups is 1. The zero-order valence-electron chi connectivity index (χ0n) is 19.8. The molecule has 1 aromatic heterocycles. The van der Waals surface area contributed by atoms with Crippen molar-refractivity contribution < 1.29 is 23.8 Å². The van der Waals surface area contributed by atoms with Gasteiger partial charge in [0.05, 0.1) is 13.2 Å². The third-order valence-electron chi connectivity index (χ3n) is 6.25. The van der Waals surface area contributed by atoms with Crippen molar-refractivity contribution in [2.24, 2.45) is 7.05 Å². The maximum Gasteiger partial charge on any atom is 0.320 e. The van der Waals surface area contributed by atoms with Gasteiger partial charge in [-0.15, -0.1) is 0 Å². The Morgan fingerprint density at radius 2 is 1.77 bits per heavy atom. The van der Waals surface area contributed by atoms with E-state index in [9.17, 15) is 23.9 Å². The number of aromatic nitrogens is 2. The van der Waals surface area contributed by atoms with E-state index in [1.807, 2.05) is 4.90 Å². The van der Waals surface area contributed by atoms with Crippen molar-refractivity contribution in [1.29, 1.82) is 0 Å². The average Bonchev–Trinajstić information content (AvgIpc) is 2.88. The number of hydrogen-bond acceptors (Lipinski definition) is 7. The first-order valence-corrected chi connectivity index (χ1v) is 11.5. The predicted octanol–water partition coefficient (Wildman–Crippen LogP) is 0.438. The van der Waals surface area contributed by atoms with Crippen molar-refractivity contribution in [3.05, 3.63) is 51.2 Å². The highest BCUT2D eigenvalue weighted by Crippen LogP contribution is 2.18. The number of anilines is 1. The minimum Gasteiger partial charge on any atom is -0.501 e. The standard InChI is InChI=1S/C23H29FN6O5/c1-15-13-16(3-4-17(15)24)14-25-20(32)18-19(31)21(33)27(2)22(26-18)28-5-7-29(8-6-28)23(34)30-9-11-35-12-10-30/h3-4,13,31H,5-12,14H2,1-2H3,(H,25,32). The number of morpholine rings is 1. The van der Waals surface area contributed by atoms with Crippen LogP contribution in [0.2, 0.25) is 0 Å². The molecular formula is C23H29FN6O5. The van der Waals surface area contributed by atoms with Crippen LogP contribution in [0.5, 0.6) is 5.75 Å². The Morgan fingerprint density at radius 1 is 1.11 bits per heavy atom. The number of hydrogen-bond donors (Lipinski definition) is 2. The first-order chi connectivity index (χ1) is 16.8. The van der Waals surface area contributed by atoms with Gasteiger partial charge in [0.25, 0.3) is 11.5 Å². The van der Waals surface area contributed by atoms with Crippen LogP contribution in [0.25, 0.3) is 0 Å². The van der Waals surface area contributed by atoms with Gasteiger partial charge in [-0.05, 0) is 24.1 Å². The number of benzene rings is 1. The van der Waals surface area contributed by atoms with Crippen molar-refractivity contribution in [3.63, 3.8) is 0 Å². The molecule has 1 aromatic carbocycles. The second kappa shape index (κ2) is 10.3. The molecule has 0 spiro atoms. The van der Waals surface area contributed by atoms with Crippen molar-refractivity contribution in [2.75, 3.05) is 57.4 Å². The van der Waals surface area contributed by atoms with Crippen LogP contribution in [0.4, 0.5) is 15.1 Å². The van der Waals surface area contributed by atoms with E-state index in [1.165, 1.54) is 17.7 Å². The molecule has 2 saturated heterocycles. The van der Waals surface area contributed by atoms with Crippen LogP contribution in [0.1, 0.15) is 21.6 Å². The molecular weight excluding hydrogens is 459 g/mol. The van der Waals surface area contributed by atoms with Crippen LogP contribution in [-0.4, -0.2) is 88.9 Å². The lowest BCUT2D eigenvalue weighted by Crippen LogP contribution is -2.55. The maximum absolute atomic E-state index is 13.5. The molecule has 3 heterocycles. The van der Waals surface area contributed by atoms with E-state index < -0.39 is 17.2 Å². The second-order valence-corrected chi connectivity index (χ2v) is 8.60. The molecule has 11 nitrogen and oxygen atoms in total. The van der Waals surface area contributed by atoms with Gasteiger partial charge in [0.1, 0.15) is 5.82 Å². The van der Waals surface area contributed by atoms with Crippen molar-refractivity contribution >= 4 is 17.9 Å². The van der Waals surface area contributed by atoms with Gasteiger partial charge in [0, 0.05) is 52.9 Å². The van der Waals surface area contributed by atoms with Crippen molar-refractivity contribution in [3.8, 4) is 5.75 Å². The third-order valence-corrected chi connectivity index (χ3v) is 6.25. The number of amides is 3. The minimum atomic E-state index is -0.746.